The Morgan fingerprint density at radius 3 is 2.88 bits per heavy atom. The van der Waals surface area contributed by atoms with Gasteiger partial charge in [0.1, 0.15) is 0 Å². The zero-order valence-corrected chi connectivity index (χ0v) is 11.6. The average Bonchev–Trinajstić information content (AvgIpc) is 2.71. The molecule has 0 bridgehead atoms. The fourth-order valence-corrected chi connectivity index (χ4v) is 3.18. The van der Waals surface area contributed by atoms with E-state index in [-0.39, 0.29) is 0 Å². The molecule has 1 aliphatic carbocycles. The van der Waals surface area contributed by atoms with Crippen LogP contribution in [-0.2, 0) is 6.42 Å². The van der Waals surface area contributed by atoms with Gasteiger partial charge >= 0.3 is 0 Å². The maximum atomic E-state index is 6.29. The number of hydrogen-bond donors (Lipinski definition) is 1. The highest BCUT2D eigenvalue weighted by atomic mass is 35.5. The summed E-state index contributed by atoms with van der Waals surface area (Å²) >= 11 is 6.29. The van der Waals surface area contributed by atoms with Gasteiger partial charge in [-0.15, -0.1) is 0 Å². The van der Waals surface area contributed by atoms with Crippen LogP contribution in [-0.4, -0.2) is 12.6 Å². The van der Waals surface area contributed by atoms with Crippen LogP contribution < -0.4 is 5.32 Å². The van der Waals surface area contributed by atoms with Gasteiger partial charge in [0.15, 0.2) is 0 Å². The molecule has 2 rings (SSSR count). The summed E-state index contributed by atoms with van der Waals surface area (Å²) in [6.07, 6.45) is 5.10. The molecule has 2 atom stereocenters. The van der Waals surface area contributed by atoms with Crippen LogP contribution in [0.25, 0.3) is 0 Å². The first-order valence-electron chi connectivity index (χ1n) is 6.67. The molecule has 1 saturated carbocycles. The zero-order chi connectivity index (χ0) is 12.3. The average molecular weight is 252 g/mol. The minimum absolute atomic E-state index is 0.731. The van der Waals surface area contributed by atoms with Crippen molar-refractivity contribution in [1.29, 1.82) is 0 Å². The third-order valence-electron chi connectivity index (χ3n) is 3.75. The Balaban J connectivity index is 1.93. The van der Waals surface area contributed by atoms with Crippen molar-refractivity contribution in [2.45, 2.75) is 45.6 Å². The maximum Gasteiger partial charge on any atom is 0.0440 e. The molecule has 0 aromatic heterocycles. The van der Waals surface area contributed by atoms with E-state index in [1.165, 1.54) is 30.4 Å². The largest absolute Gasteiger partial charge is 0.314 e. The Kier molecular flexibility index (Phi) is 4.47. The van der Waals surface area contributed by atoms with Gasteiger partial charge in [0, 0.05) is 11.1 Å². The summed E-state index contributed by atoms with van der Waals surface area (Å²) in [5.74, 6) is 0.805. The highest BCUT2D eigenvalue weighted by molar-refractivity contribution is 6.31. The van der Waals surface area contributed by atoms with Crippen LogP contribution in [0.5, 0.6) is 0 Å². The molecule has 2 heteroatoms. The van der Waals surface area contributed by atoms with Crippen LogP contribution in [0, 0.1) is 12.8 Å². The van der Waals surface area contributed by atoms with E-state index in [9.17, 15) is 0 Å². The molecule has 94 valence electrons. The Bertz CT molecular complexity index is 375. The van der Waals surface area contributed by atoms with Crippen molar-refractivity contribution < 1.29 is 0 Å². The number of nitrogens with one attached hydrogen (secondary N) is 1. The number of halogens is 1. The van der Waals surface area contributed by atoms with Gasteiger partial charge < -0.3 is 5.32 Å². The lowest BCUT2D eigenvalue weighted by Crippen LogP contribution is -2.25. The molecular formula is C15H22ClN. The molecule has 0 aliphatic heterocycles. The van der Waals surface area contributed by atoms with Crippen molar-refractivity contribution >= 4 is 11.6 Å². The summed E-state index contributed by atoms with van der Waals surface area (Å²) in [4.78, 5) is 0. The fraction of sp³-hybridized carbons (Fsp3) is 0.600. The second kappa shape index (κ2) is 5.88. The molecule has 1 N–H and O–H groups in total. The lowest BCUT2D eigenvalue weighted by Gasteiger charge is -2.13. The topological polar surface area (TPSA) is 12.0 Å². The van der Waals surface area contributed by atoms with Crippen molar-refractivity contribution in [2.75, 3.05) is 6.54 Å². The van der Waals surface area contributed by atoms with Gasteiger partial charge in [-0.25, -0.2) is 0 Å². The smallest absolute Gasteiger partial charge is 0.0440 e. The van der Waals surface area contributed by atoms with Gasteiger partial charge in [0.25, 0.3) is 0 Å². The summed E-state index contributed by atoms with van der Waals surface area (Å²) < 4.78 is 0. The Morgan fingerprint density at radius 2 is 2.18 bits per heavy atom. The first-order valence-corrected chi connectivity index (χ1v) is 7.05. The maximum absolute atomic E-state index is 6.29. The predicted molar refractivity (Wildman–Crippen MR) is 74.7 cm³/mol. The van der Waals surface area contributed by atoms with Crippen molar-refractivity contribution in [2.24, 2.45) is 5.92 Å². The Morgan fingerprint density at radius 1 is 1.35 bits per heavy atom. The monoisotopic (exact) mass is 251 g/mol. The summed E-state index contributed by atoms with van der Waals surface area (Å²) in [6, 6.07) is 7.17. The standard InChI is InChI=1S/C15H22ClN/c1-3-17-14-7-5-12(10-14)9-13-6-4-11(2)8-15(13)16/h4,6,8,12,14,17H,3,5,7,9-10H2,1-2H3. The van der Waals surface area contributed by atoms with E-state index in [1.807, 2.05) is 0 Å². The van der Waals surface area contributed by atoms with Gasteiger partial charge in [-0.2, -0.15) is 0 Å². The molecule has 1 aliphatic rings. The van der Waals surface area contributed by atoms with Crippen molar-refractivity contribution in [1.82, 2.24) is 5.32 Å². The Labute approximate surface area is 110 Å². The molecule has 0 spiro atoms. The third-order valence-corrected chi connectivity index (χ3v) is 4.10. The predicted octanol–water partition coefficient (Wildman–Crippen LogP) is 3.97. The van der Waals surface area contributed by atoms with Gasteiger partial charge in [0.05, 0.1) is 0 Å². The van der Waals surface area contributed by atoms with Gasteiger partial charge in [-0.3, -0.25) is 0 Å². The minimum atomic E-state index is 0.731. The molecular weight excluding hydrogens is 230 g/mol. The first-order chi connectivity index (χ1) is 8.19. The molecule has 2 unspecified atom stereocenters. The third kappa shape index (κ3) is 3.46. The molecule has 0 amide bonds. The second-order valence-electron chi connectivity index (χ2n) is 5.23. The summed E-state index contributed by atoms with van der Waals surface area (Å²) in [5.41, 5.74) is 2.56. The fourth-order valence-electron chi connectivity index (χ4n) is 2.86. The van der Waals surface area contributed by atoms with Crippen molar-refractivity contribution in [3.05, 3.63) is 34.3 Å². The van der Waals surface area contributed by atoms with Crippen molar-refractivity contribution in [3.8, 4) is 0 Å². The zero-order valence-electron chi connectivity index (χ0n) is 10.8. The highest BCUT2D eigenvalue weighted by Gasteiger charge is 2.24. The van der Waals surface area contributed by atoms with Crippen LogP contribution >= 0.6 is 11.6 Å². The van der Waals surface area contributed by atoms with E-state index in [1.54, 1.807) is 0 Å². The second-order valence-corrected chi connectivity index (χ2v) is 5.64. The van der Waals surface area contributed by atoms with E-state index in [0.29, 0.717) is 0 Å². The lowest BCUT2D eigenvalue weighted by molar-refractivity contribution is 0.493. The van der Waals surface area contributed by atoms with E-state index in [0.717, 1.165) is 29.9 Å². The molecule has 1 aromatic rings. The van der Waals surface area contributed by atoms with E-state index in [4.69, 9.17) is 11.6 Å². The lowest BCUT2D eigenvalue weighted by atomic mass is 9.97. The van der Waals surface area contributed by atoms with Crippen LogP contribution in [0.15, 0.2) is 18.2 Å². The molecule has 0 radical (unpaired) electrons. The number of rotatable bonds is 4. The first kappa shape index (κ1) is 12.9. The van der Waals surface area contributed by atoms with Gasteiger partial charge in [-0.05, 0) is 62.3 Å². The number of hydrogen-bond acceptors (Lipinski definition) is 1. The molecule has 0 heterocycles. The van der Waals surface area contributed by atoms with E-state index in [2.05, 4.69) is 37.4 Å². The molecule has 17 heavy (non-hydrogen) atoms. The summed E-state index contributed by atoms with van der Waals surface area (Å²) in [6.45, 7) is 5.36. The summed E-state index contributed by atoms with van der Waals surface area (Å²) in [5, 5.41) is 4.49. The van der Waals surface area contributed by atoms with Crippen LogP contribution in [0.4, 0.5) is 0 Å². The SMILES string of the molecule is CCNC1CCC(Cc2ccc(C)cc2Cl)C1. The van der Waals surface area contributed by atoms with Crippen LogP contribution in [0.3, 0.4) is 0 Å². The number of benzene rings is 1. The molecule has 0 saturated heterocycles. The van der Waals surface area contributed by atoms with E-state index >= 15 is 0 Å². The summed E-state index contributed by atoms with van der Waals surface area (Å²) in [7, 11) is 0. The van der Waals surface area contributed by atoms with Crippen LogP contribution in [0.2, 0.25) is 5.02 Å². The quantitative estimate of drug-likeness (QED) is 0.854. The minimum Gasteiger partial charge on any atom is -0.314 e. The van der Waals surface area contributed by atoms with Crippen molar-refractivity contribution in [3.63, 3.8) is 0 Å². The number of aryl methyl sites for hydroxylation is 1. The Hall–Kier alpha value is -0.530. The van der Waals surface area contributed by atoms with Crippen LogP contribution in [0.1, 0.15) is 37.3 Å². The molecule has 1 nitrogen and oxygen atoms in total. The molecule has 1 fully saturated rings. The normalized spacial score (nSPS) is 24.2. The van der Waals surface area contributed by atoms with Gasteiger partial charge in [0.2, 0.25) is 0 Å². The molecule has 1 aromatic carbocycles. The van der Waals surface area contributed by atoms with E-state index < -0.39 is 0 Å². The highest BCUT2D eigenvalue weighted by Crippen LogP contribution is 2.31. The van der Waals surface area contributed by atoms with Gasteiger partial charge in [-0.1, -0.05) is 30.7 Å².